The van der Waals surface area contributed by atoms with Crippen LogP contribution in [0.3, 0.4) is 0 Å². The summed E-state index contributed by atoms with van der Waals surface area (Å²) in [6.45, 7) is 0. The van der Waals surface area contributed by atoms with Crippen LogP contribution in [0.25, 0.3) is 0 Å². The van der Waals surface area contributed by atoms with Crippen LogP contribution in [-0.2, 0) is 20.8 Å². The molecule has 0 amide bonds. The number of hydrogen-bond donors (Lipinski definition) is 0. The first-order valence-corrected chi connectivity index (χ1v) is 4.00. The largest absolute Gasteiger partial charge is 3.00 e. The molecule has 0 aromatic carbocycles. The summed E-state index contributed by atoms with van der Waals surface area (Å²) < 4.78 is 68.2. The van der Waals surface area contributed by atoms with Gasteiger partial charge in [0, 0.05) is 20.8 Å². The van der Waals surface area contributed by atoms with Gasteiger partial charge in [0.15, 0.2) is 0 Å². The van der Waals surface area contributed by atoms with Crippen LogP contribution in [0.15, 0.2) is 0 Å². The van der Waals surface area contributed by atoms with E-state index in [1.165, 1.54) is 0 Å². The van der Waals surface area contributed by atoms with Gasteiger partial charge in [-0.25, -0.2) is 0 Å². The maximum Gasteiger partial charge on any atom is 3.00 e. The maximum atomic E-state index is 8.52. The molecule has 0 saturated heterocycles. The predicted molar refractivity (Wildman–Crippen MR) is 39.7 cm³/mol. The molecule has 4 N–H and O–H groups in total. The third-order valence-electron chi connectivity index (χ3n) is 0. The van der Waals surface area contributed by atoms with E-state index in [1.807, 2.05) is 0 Å². The molecule has 0 rings (SSSR count). The standard InChI is InChI=1S/2Al.2H2O4S.2H2O/c;;2*1-5(2,3)4;;/h;;2*(H2,1,2,3,4);2*1H2/q2*+3;;;;/p-4. The summed E-state index contributed by atoms with van der Waals surface area (Å²) in [5, 5.41) is 0. The predicted octanol–water partition coefficient (Wildman–Crippen LogP) is -5.09. The van der Waals surface area contributed by atoms with E-state index in [4.69, 9.17) is 35.0 Å². The van der Waals surface area contributed by atoms with E-state index >= 15 is 0 Å². The second-order valence-corrected chi connectivity index (χ2v) is 2.45. The van der Waals surface area contributed by atoms with Crippen molar-refractivity contribution in [3.63, 3.8) is 0 Å². The summed E-state index contributed by atoms with van der Waals surface area (Å²) in [7, 11) is -10.3. The Balaban J connectivity index is -0.0000000178. The van der Waals surface area contributed by atoms with Gasteiger partial charge in [0.2, 0.25) is 0 Å². The van der Waals surface area contributed by atoms with Crippen molar-refractivity contribution < 1.29 is 46.0 Å². The number of hydrogen-bond acceptors (Lipinski definition) is 8. The minimum Gasteiger partial charge on any atom is -0.759 e. The third-order valence-corrected chi connectivity index (χ3v) is 0. The van der Waals surface area contributed by atoms with E-state index in [0.717, 1.165) is 0 Å². The Kier molecular flexibility index (Phi) is 35.7. The minimum atomic E-state index is -5.17. The Morgan fingerprint density at radius 2 is 0.571 bits per heavy atom. The van der Waals surface area contributed by atoms with E-state index < -0.39 is 20.8 Å². The molecule has 0 heterocycles. The maximum absolute atomic E-state index is 8.52. The first kappa shape index (κ1) is 36.4. The van der Waals surface area contributed by atoms with Crippen LogP contribution in [-0.4, -0.2) is 80.7 Å². The Morgan fingerprint density at radius 1 is 0.571 bits per heavy atom. The average molecular weight is 282 g/mol. The van der Waals surface area contributed by atoms with Crippen molar-refractivity contribution in [3.8, 4) is 0 Å². The molecule has 0 fully saturated rings. The van der Waals surface area contributed by atoms with Gasteiger partial charge in [-0.05, 0) is 0 Å². The van der Waals surface area contributed by atoms with Crippen LogP contribution in [0.1, 0.15) is 0 Å². The Hall–Kier alpha value is 0.725. The molecule has 14 heteroatoms. The molecule has 0 aromatic heterocycles. The van der Waals surface area contributed by atoms with E-state index in [9.17, 15) is 0 Å². The second-order valence-electron chi connectivity index (χ2n) is 0.816. The zero-order valence-corrected chi connectivity index (χ0v) is 10.2. The molecule has 0 spiro atoms. The van der Waals surface area contributed by atoms with Crippen molar-refractivity contribution >= 4 is 55.5 Å². The number of rotatable bonds is 0. The van der Waals surface area contributed by atoms with Crippen LogP contribution in [0.4, 0.5) is 0 Å². The molecule has 0 saturated carbocycles. The zero-order chi connectivity index (χ0) is 9.00. The molecule has 0 bridgehead atoms. The molecule has 0 aromatic rings. The molecular weight excluding hydrogens is 278 g/mol. The van der Waals surface area contributed by atoms with Gasteiger partial charge in [0.05, 0.1) is 0 Å². The fraction of sp³-hybridized carbons (Fsp3) is 0. The van der Waals surface area contributed by atoms with Gasteiger partial charge in [-0.3, -0.25) is 16.8 Å². The van der Waals surface area contributed by atoms with Crippen molar-refractivity contribution in [2.24, 2.45) is 0 Å². The van der Waals surface area contributed by atoms with Gasteiger partial charge >= 0.3 is 34.7 Å². The monoisotopic (exact) mass is 282 g/mol. The van der Waals surface area contributed by atoms with Crippen LogP contribution in [0, 0.1) is 0 Å². The molecule has 0 unspecified atom stereocenters. The zero-order valence-electron chi connectivity index (χ0n) is 6.24. The molecular formula is H4Al2O10S2+2. The summed E-state index contributed by atoms with van der Waals surface area (Å²) in [6.07, 6.45) is 0. The van der Waals surface area contributed by atoms with Crippen molar-refractivity contribution in [1.29, 1.82) is 0 Å². The smallest absolute Gasteiger partial charge is 0.759 e. The normalized spacial score (nSPS) is 8.29. The fourth-order valence-corrected chi connectivity index (χ4v) is 0. The van der Waals surface area contributed by atoms with Gasteiger partial charge in [0.1, 0.15) is 0 Å². The molecule has 0 aliphatic heterocycles. The topological polar surface area (TPSA) is 224 Å². The molecule has 0 aliphatic rings. The fourth-order valence-electron chi connectivity index (χ4n) is 0. The van der Waals surface area contributed by atoms with Crippen LogP contribution in [0.5, 0.6) is 0 Å². The summed E-state index contributed by atoms with van der Waals surface area (Å²) in [6, 6.07) is 0. The average Bonchev–Trinajstić information content (AvgIpc) is 1.12. The quantitative estimate of drug-likeness (QED) is 0.236. The SMILES string of the molecule is O.O.O=S(=O)([O-])[O-].O=S(=O)([O-])[O-].[Al+3].[Al+3]. The Labute approximate surface area is 101 Å². The summed E-state index contributed by atoms with van der Waals surface area (Å²) in [4.78, 5) is 0. The van der Waals surface area contributed by atoms with Crippen molar-refractivity contribution in [2.75, 3.05) is 0 Å². The molecule has 80 valence electrons. The molecule has 14 heavy (non-hydrogen) atoms. The van der Waals surface area contributed by atoms with Crippen molar-refractivity contribution in [2.45, 2.75) is 0 Å². The Morgan fingerprint density at radius 3 is 0.571 bits per heavy atom. The summed E-state index contributed by atoms with van der Waals surface area (Å²) >= 11 is 0. The van der Waals surface area contributed by atoms with Gasteiger partial charge in [-0.2, -0.15) is 0 Å². The first-order chi connectivity index (χ1) is 4.00. The van der Waals surface area contributed by atoms with E-state index in [-0.39, 0.29) is 45.7 Å². The van der Waals surface area contributed by atoms with Gasteiger partial charge < -0.3 is 29.2 Å². The molecule has 10 nitrogen and oxygen atoms in total. The van der Waals surface area contributed by atoms with Crippen molar-refractivity contribution in [3.05, 3.63) is 0 Å². The van der Waals surface area contributed by atoms with Gasteiger partial charge in [-0.1, -0.05) is 0 Å². The third kappa shape index (κ3) is 3330. The van der Waals surface area contributed by atoms with E-state index in [2.05, 4.69) is 0 Å². The van der Waals surface area contributed by atoms with E-state index in [0.29, 0.717) is 0 Å². The van der Waals surface area contributed by atoms with Gasteiger partial charge in [0.25, 0.3) is 0 Å². The minimum absolute atomic E-state index is 0. The first-order valence-electron chi connectivity index (χ1n) is 1.33. The van der Waals surface area contributed by atoms with Crippen LogP contribution >= 0.6 is 0 Å². The Bertz CT molecular complexity index is 212. The van der Waals surface area contributed by atoms with Crippen LogP contribution in [0.2, 0.25) is 0 Å². The molecule has 0 atom stereocenters. The second kappa shape index (κ2) is 13.7. The summed E-state index contributed by atoms with van der Waals surface area (Å²) in [5.41, 5.74) is 0. The summed E-state index contributed by atoms with van der Waals surface area (Å²) in [5.74, 6) is 0. The van der Waals surface area contributed by atoms with Crippen molar-refractivity contribution in [1.82, 2.24) is 0 Å². The van der Waals surface area contributed by atoms with E-state index in [1.54, 1.807) is 0 Å². The van der Waals surface area contributed by atoms with Crippen LogP contribution < -0.4 is 0 Å². The molecule has 0 radical (unpaired) electrons. The molecule has 0 aliphatic carbocycles. The van der Waals surface area contributed by atoms with Gasteiger partial charge in [-0.15, -0.1) is 0 Å².